The van der Waals surface area contributed by atoms with Gasteiger partial charge in [-0.25, -0.2) is 0 Å². The lowest BCUT2D eigenvalue weighted by molar-refractivity contribution is -0.147. The van der Waals surface area contributed by atoms with Crippen molar-refractivity contribution in [2.45, 2.75) is 13.3 Å². The summed E-state index contributed by atoms with van der Waals surface area (Å²) in [6.45, 7) is 1.71. The van der Waals surface area contributed by atoms with Gasteiger partial charge in [-0.15, -0.1) is 0 Å². The molecular weight excluding hydrogens is 214 g/mol. The van der Waals surface area contributed by atoms with Crippen molar-refractivity contribution in [1.82, 2.24) is 0 Å². The largest absolute Gasteiger partial charge is 0.481 e. The fourth-order valence-corrected chi connectivity index (χ4v) is 1.50. The number of hydrogen-bond acceptors (Lipinski definition) is 2. The molecular formula is C11H14ClNO2. The summed E-state index contributed by atoms with van der Waals surface area (Å²) in [7, 11) is 0. The number of benzene rings is 1. The van der Waals surface area contributed by atoms with Crippen molar-refractivity contribution < 1.29 is 9.90 Å². The molecule has 1 unspecified atom stereocenters. The van der Waals surface area contributed by atoms with Gasteiger partial charge in [0.1, 0.15) is 0 Å². The quantitative estimate of drug-likeness (QED) is 0.826. The maximum absolute atomic E-state index is 11.0. The van der Waals surface area contributed by atoms with Gasteiger partial charge >= 0.3 is 5.97 Å². The Morgan fingerprint density at radius 1 is 1.53 bits per heavy atom. The Morgan fingerprint density at radius 2 is 2.13 bits per heavy atom. The molecule has 15 heavy (non-hydrogen) atoms. The molecule has 82 valence electrons. The fraction of sp³-hybridized carbons (Fsp3) is 0.364. The van der Waals surface area contributed by atoms with E-state index >= 15 is 0 Å². The molecule has 0 amide bonds. The fourth-order valence-electron chi connectivity index (χ4n) is 1.30. The summed E-state index contributed by atoms with van der Waals surface area (Å²) in [6.07, 6.45) is 0.346. The SMILES string of the molecule is CC(CN)(Cc1ccccc1Cl)C(=O)O. The van der Waals surface area contributed by atoms with Gasteiger partial charge in [0, 0.05) is 11.6 Å². The molecule has 1 atom stereocenters. The van der Waals surface area contributed by atoms with Gasteiger partial charge in [-0.3, -0.25) is 4.79 Å². The Hall–Kier alpha value is -1.06. The average molecular weight is 228 g/mol. The third kappa shape index (κ3) is 2.70. The molecule has 3 N–H and O–H groups in total. The highest BCUT2D eigenvalue weighted by molar-refractivity contribution is 6.31. The molecule has 0 heterocycles. The summed E-state index contributed by atoms with van der Waals surface area (Å²) >= 11 is 5.96. The second-order valence-corrected chi connectivity index (χ2v) is 4.25. The van der Waals surface area contributed by atoms with Crippen LogP contribution < -0.4 is 5.73 Å². The van der Waals surface area contributed by atoms with Crippen LogP contribution >= 0.6 is 11.6 Å². The highest BCUT2D eigenvalue weighted by Crippen LogP contribution is 2.26. The number of hydrogen-bond donors (Lipinski definition) is 2. The summed E-state index contributed by atoms with van der Waals surface area (Å²) < 4.78 is 0. The van der Waals surface area contributed by atoms with Gasteiger partial charge in [0.2, 0.25) is 0 Å². The molecule has 0 saturated carbocycles. The first-order chi connectivity index (χ1) is 6.99. The van der Waals surface area contributed by atoms with Gasteiger partial charge in [0.05, 0.1) is 5.41 Å². The van der Waals surface area contributed by atoms with Crippen LogP contribution in [0.5, 0.6) is 0 Å². The van der Waals surface area contributed by atoms with Crippen LogP contribution in [-0.2, 0) is 11.2 Å². The molecule has 0 aliphatic carbocycles. The number of halogens is 1. The van der Waals surface area contributed by atoms with E-state index in [-0.39, 0.29) is 6.54 Å². The van der Waals surface area contributed by atoms with Crippen LogP contribution in [0.25, 0.3) is 0 Å². The number of carbonyl (C=O) groups is 1. The third-order valence-electron chi connectivity index (χ3n) is 2.51. The van der Waals surface area contributed by atoms with Crippen molar-refractivity contribution in [2.24, 2.45) is 11.1 Å². The van der Waals surface area contributed by atoms with Crippen molar-refractivity contribution in [3.63, 3.8) is 0 Å². The van der Waals surface area contributed by atoms with Gasteiger partial charge in [-0.1, -0.05) is 29.8 Å². The van der Waals surface area contributed by atoms with Crippen molar-refractivity contribution in [1.29, 1.82) is 0 Å². The van der Waals surface area contributed by atoms with Crippen molar-refractivity contribution in [2.75, 3.05) is 6.54 Å². The predicted molar refractivity (Wildman–Crippen MR) is 60.0 cm³/mol. The summed E-state index contributed by atoms with van der Waals surface area (Å²) in [5.74, 6) is -0.898. The summed E-state index contributed by atoms with van der Waals surface area (Å²) in [6, 6.07) is 7.21. The molecule has 0 bridgehead atoms. The Kier molecular flexibility index (Phi) is 3.72. The minimum absolute atomic E-state index is 0.0908. The number of carboxylic acid groups (broad SMARTS) is 1. The van der Waals surface area contributed by atoms with Crippen LogP contribution in [0.15, 0.2) is 24.3 Å². The molecule has 0 saturated heterocycles. The monoisotopic (exact) mass is 227 g/mol. The van der Waals surface area contributed by atoms with Crippen LogP contribution in [-0.4, -0.2) is 17.6 Å². The first-order valence-corrected chi connectivity index (χ1v) is 5.04. The first-order valence-electron chi connectivity index (χ1n) is 4.66. The molecule has 1 rings (SSSR count). The maximum atomic E-state index is 11.0. The standard InChI is InChI=1S/C11H14ClNO2/c1-11(7-13,10(14)15)6-8-4-2-3-5-9(8)12/h2-5H,6-7,13H2,1H3,(H,14,15). The second-order valence-electron chi connectivity index (χ2n) is 3.84. The number of carboxylic acids is 1. The molecule has 1 aromatic rings. The van der Waals surface area contributed by atoms with E-state index in [1.807, 2.05) is 18.2 Å². The molecule has 3 nitrogen and oxygen atoms in total. The van der Waals surface area contributed by atoms with Gasteiger partial charge in [0.25, 0.3) is 0 Å². The lowest BCUT2D eigenvalue weighted by Crippen LogP contribution is -2.37. The smallest absolute Gasteiger partial charge is 0.310 e. The van der Waals surface area contributed by atoms with Crippen LogP contribution in [0.2, 0.25) is 5.02 Å². The summed E-state index contributed by atoms with van der Waals surface area (Å²) in [5, 5.41) is 9.64. The van der Waals surface area contributed by atoms with Crippen molar-refractivity contribution in [3.05, 3.63) is 34.9 Å². The lowest BCUT2D eigenvalue weighted by atomic mass is 9.84. The highest BCUT2D eigenvalue weighted by atomic mass is 35.5. The van der Waals surface area contributed by atoms with Crippen molar-refractivity contribution >= 4 is 17.6 Å². The number of nitrogens with two attached hydrogens (primary N) is 1. The van der Waals surface area contributed by atoms with E-state index in [2.05, 4.69) is 0 Å². The minimum atomic E-state index is -0.953. The van der Waals surface area contributed by atoms with E-state index in [9.17, 15) is 4.79 Å². The van der Waals surface area contributed by atoms with E-state index in [0.717, 1.165) is 5.56 Å². The highest BCUT2D eigenvalue weighted by Gasteiger charge is 2.32. The van der Waals surface area contributed by atoms with E-state index < -0.39 is 11.4 Å². The first kappa shape index (κ1) is 12.0. The van der Waals surface area contributed by atoms with Gasteiger partial charge in [-0.05, 0) is 25.0 Å². The topological polar surface area (TPSA) is 63.3 Å². The molecule has 0 aliphatic rings. The van der Waals surface area contributed by atoms with Crippen LogP contribution in [0.4, 0.5) is 0 Å². The normalized spacial score (nSPS) is 14.6. The van der Waals surface area contributed by atoms with Gasteiger partial charge < -0.3 is 10.8 Å². The van der Waals surface area contributed by atoms with Gasteiger partial charge in [-0.2, -0.15) is 0 Å². The lowest BCUT2D eigenvalue weighted by Gasteiger charge is -2.23. The molecule has 0 aromatic heterocycles. The second kappa shape index (κ2) is 4.64. The predicted octanol–water partition coefficient (Wildman–Crippen LogP) is 1.93. The van der Waals surface area contributed by atoms with Crippen LogP contribution in [0.3, 0.4) is 0 Å². The zero-order valence-corrected chi connectivity index (χ0v) is 9.29. The Morgan fingerprint density at radius 3 is 2.60 bits per heavy atom. The number of aliphatic carboxylic acids is 1. The van der Waals surface area contributed by atoms with Crippen LogP contribution in [0.1, 0.15) is 12.5 Å². The van der Waals surface area contributed by atoms with E-state index in [0.29, 0.717) is 11.4 Å². The Bertz CT molecular complexity index is 367. The molecule has 0 fully saturated rings. The van der Waals surface area contributed by atoms with Crippen LogP contribution in [0, 0.1) is 5.41 Å². The average Bonchev–Trinajstić information content (AvgIpc) is 2.21. The molecule has 0 aliphatic heterocycles. The summed E-state index contributed by atoms with van der Waals surface area (Å²) in [5.41, 5.74) is 5.34. The van der Waals surface area contributed by atoms with E-state index in [1.165, 1.54) is 0 Å². The third-order valence-corrected chi connectivity index (χ3v) is 2.87. The zero-order valence-electron chi connectivity index (χ0n) is 8.53. The Labute approximate surface area is 93.9 Å². The van der Waals surface area contributed by atoms with E-state index in [4.69, 9.17) is 22.4 Å². The minimum Gasteiger partial charge on any atom is -0.481 e. The van der Waals surface area contributed by atoms with E-state index in [1.54, 1.807) is 13.0 Å². The molecule has 1 aromatic carbocycles. The molecule has 0 spiro atoms. The van der Waals surface area contributed by atoms with Gasteiger partial charge in [0.15, 0.2) is 0 Å². The number of rotatable bonds is 4. The zero-order chi connectivity index (χ0) is 11.5. The maximum Gasteiger partial charge on any atom is 0.310 e. The molecule has 4 heteroatoms. The van der Waals surface area contributed by atoms with Crippen molar-refractivity contribution in [3.8, 4) is 0 Å². The Balaban J connectivity index is 2.94. The molecule has 0 radical (unpaired) electrons. The summed E-state index contributed by atoms with van der Waals surface area (Å²) in [4.78, 5) is 11.0.